The van der Waals surface area contributed by atoms with Gasteiger partial charge in [0.1, 0.15) is 17.3 Å². The van der Waals surface area contributed by atoms with Crippen molar-refractivity contribution in [2.24, 2.45) is 5.10 Å². The smallest absolute Gasteiger partial charge is 0.271 e. The Balaban J connectivity index is 1.77. The molecule has 0 bridgehead atoms. The van der Waals surface area contributed by atoms with E-state index in [1.165, 1.54) is 24.3 Å². The van der Waals surface area contributed by atoms with Crippen LogP contribution in [0.15, 0.2) is 52.0 Å². The monoisotopic (exact) mass is 433 g/mol. The fraction of sp³-hybridized carbons (Fsp3) is 0.211. The number of nitrogens with one attached hydrogen (secondary N) is 1. The first kappa shape index (κ1) is 19.0. The van der Waals surface area contributed by atoms with Gasteiger partial charge in [0.05, 0.1) is 19.3 Å². The molecule has 0 aliphatic carbocycles. The molecule has 2 aromatic carbocycles. The van der Waals surface area contributed by atoms with Gasteiger partial charge in [-0.05, 0) is 35.9 Å². The van der Waals surface area contributed by atoms with Gasteiger partial charge in [-0.25, -0.2) is 9.40 Å². The van der Waals surface area contributed by atoms with Crippen LogP contribution in [-0.2, 0) is 16.1 Å². The lowest BCUT2D eigenvalue weighted by atomic mass is 10.1. The molecule has 0 saturated heterocycles. The van der Waals surface area contributed by atoms with E-state index in [9.17, 15) is 14.0 Å². The van der Waals surface area contributed by atoms with Crippen molar-refractivity contribution in [1.82, 2.24) is 5.01 Å². The fourth-order valence-corrected chi connectivity index (χ4v) is 2.98. The van der Waals surface area contributed by atoms with Crippen molar-refractivity contribution in [3.63, 3.8) is 0 Å². The zero-order chi connectivity index (χ0) is 19.4. The van der Waals surface area contributed by atoms with E-state index in [1.807, 2.05) is 0 Å². The molecule has 2 amide bonds. The van der Waals surface area contributed by atoms with Gasteiger partial charge in [0.25, 0.3) is 5.91 Å². The minimum absolute atomic E-state index is 0.177. The predicted molar refractivity (Wildman–Crippen MR) is 103 cm³/mol. The molecule has 8 heteroatoms. The van der Waals surface area contributed by atoms with Crippen molar-refractivity contribution in [1.29, 1.82) is 0 Å². The molecule has 1 N–H and O–H groups in total. The molecule has 0 radical (unpaired) electrons. The Morgan fingerprint density at radius 1 is 1.26 bits per heavy atom. The minimum Gasteiger partial charge on any atom is -0.495 e. The third-order valence-electron chi connectivity index (χ3n) is 4.02. The molecule has 0 atom stereocenters. The molecule has 27 heavy (non-hydrogen) atoms. The first-order chi connectivity index (χ1) is 13.0. The lowest BCUT2D eigenvalue weighted by molar-refractivity contribution is -0.132. The molecule has 0 unspecified atom stereocenters. The van der Waals surface area contributed by atoms with E-state index in [0.29, 0.717) is 11.4 Å². The highest BCUT2D eigenvalue weighted by atomic mass is 79.9. The number of anilines is 1. The van der Waals surface area contributed by atoms with Gasteiger partial charge in [-0.2, -0.15) is 5.10 Å². The Morgan fingerprint density at radius 3 is 2.70 bits per heavy atom. The second kappa shape index (κ2) is 8.30. The molecule has 2 aromatic rings. The number of amides is 2. The summed E-state index contributed by atoms with van der Waals surface area (Å²) in [4.78, 5) is 24.7. The summed E-state index contributed by atoms with van der Waals surface area (Å²) < 4.78 is 19.1. The number of hydrogen-bond acceptors (Lipinski definition) is 4. The van der Waals surface area contributed by atoms with E-state index in [4.69, 9.17) is 4.74 Å². The lowest BCUT2D eigenvalue weighted by Gasteiger charge is -2.23. The van der Waals surface area contributed by atoms with Crippen LogP contribution in [0.2, 0.25) is 0 Å². The number of hydrazone groups is 1. The highest BCUT2D eigenvalue weighted by Crippen LogP contribution is 2.28. The summed E-state index contributed by atoms with van der Waals surface area (Å²) in [6.45, 7) is 0.177. The van der Waals surface area contributed by atoms with Crippen molar-refractivity contribution in [2.75, 3.05) is 12.4 Å². The number of methoxy groups -OCH3 is 1. The highest BCUT2D eigenvalue weighted by Gasteiger charge is 2.25. The molecule has 0 aromatic heterocycles. The van der Waals surface area contributed by atoms with Gasteiger partial charge in [0.2, 0.25) is 5.91 Å². The van der Waals surface area contributed by atoms with E-state index in [1.54, 1.807) is 30.3 Å². The van der Waals surface area contributed by atoms with Gasteiger partial charge >= 0.3 is 0 Å². The molecule has 0 fully saturated rings. The Bertz CT molecular complexity index is 900. The minimum atomic E-state index is -0.400. The lowest BCUT2D eigenvalue weighted by Crippen LogP contribution is -2.36. The van der Waals surface area contributed by atoms with E-state index in [0.717, 1.165) is 10.0 Å². The predicted octanol–water partition coefficient (Wildman–Crippen LogP) is 3.71. The van der Waals surface area contributed by atoms with Crippen LogP contribution in [-0.4, -0.2) is 29.6 Å². The molecular formula is C19H17BrFN3O3. The number of nitrogens with zero attached hydrogens (tertiary/aromatic N) is 2. The van der Waals surface area contributed by atoms with Gasteiger partial charge in [-0.3, -0.25) is 9.59 Å². The van der Waals surface area contributed by atoms with Gasteiger partial charge in [-0.15, -0.1) is 0 Å². The molecule has 0 saturated carbocycles. The maximum Gasteiger partial charge on any atom is 0.271 e. The number of halogens is 2. The number of carbonyl (C=O) groups is 2. The number of rotatable bonds is 5. The van der Waals surface area contributed by atoms with Crippen LogP contribution < -0.4 is 10.1 Å². The molecule has 1 aliphatic heterocycles. The Labute approximate surface area is 164 Å². The van der Waals surface area contributed by atoms with Gasteiger partial charge in [0, 0.05) is 17.3 Å². The van der Waals surface area contributed by atoms with Gasteiger partial charge < -0.3 is 10.1 Å². The van der Waals surface area contributed by atoms with Crippen LogP contribution in [0.5, 0.6) is 5.75 Å². The molecular weight excluding hydrogens is 417 g/mol. The molecule has 0 spiro atoms. The van der Waals surface area contributed by atoms with Crippen LogP contribution in [0, 0.1) is 5.82 Å². The van der Waals surface area contributed by atoms with Crippen molar-refractivity contribution in [3.8, 4) is 5.75 Å². The zero-order valence-corrected chi connectivity index (χ0v) is 16.1. The van der Waals surface area contributed by atoms with Crippen LogP contribution in [0.4, 0.5) is 10.1 Å². The molecule has 1 aliphatic rings. The van der Waals surface area contributed by atoms with E-state index in [2.05, 4.69) is 26.3 Å². The first-order valence-electron chi connectivity index (χ1n) is 8.23. The number of ether oxygens (including phenoxy) is 1. The largest absolute Gasteiger partial charge is 0.495 e. The summed E-state index contributed by atoms with van der Waals surface area (Å²) in [5.41, 5.74) is 1.48. The fourth-order valence-electron chi connectivity index (χ4n) is 2.62. The van der Waals surface area contributed by atoms with Crippen molar-refractivity contribution in [2.45, 2.75) is 19.4 Å². The summed E-state index contributed by atoms with van der Waals surface area (Å²) >= 11 is 3.35. The maximum atomic E-state index is 13.0. The van der Waals surface area contributed by atoms with Crippen molar-refractivity contribution < 1.29 is 18.7 Å². The number of hydrogen-bond donors (Lipinski definition) is 1. The van der Waals surface area contributed by atoms with E-state index < -0.39 is 5.91 Å². The second-order valence-electron chi connectivity index (χ2n) is 5.92. The number of carbonyl (C=O) groups excluding carboxylic acids is 2. The highest BCUT2D eigenvalue weighted by molar-refractivity contribution is 9.10. The summed E-state index contributed by atoms with van der Waals surface area (Å²) in [6, 6.07) is 11.1. The zero-order valence-electron chi connectivity index (χ0n) is 14.5. The van der Waals surface area contributed by atoms with Crippen molar-refractivity contribution in [3.05, 3.63) is 58.3 Å². The average molecular weight is 434 g/mol. The molecule has 140 valence electrons. The quantitative estimate of drug-likeness (QED) is 0.780. The van der Waals surface area contributed by atoms with Gasteiger partial charge in [0.15, 0.2) is 0 Å². The molecule has 3 rings (SSSR count). The van der Waals surface area contributed by atoms with Crippen molar-refractivity contribution >= 4 is 39.1 Å². The Kier molecular flexibility index (Phi) is 5.85. The number of benzene rings is 2. The van der Waals surface area contributed by atoms with Crippen LogP contribution >= 0.6 is 15.9 Å². The standard InChI is InChI=1S/C19H17BrFN3O3/c1-27-17-8-4-13(20)10-16(17)22-19(26)15-7-9-18(25)24(23-15)11-12-2-5-14(21)6-3-12/h2-6,8,10H,7,9,11H2,1H3,(H,22,26). The van der Waals surface area contributed by atoms with E-state index >= 15 is 0 Å². The SMILES string of the molecule is COc1ccc(Br)cc1NC(=O)C1=NN(Cc2ccc(F)cc2)C(=O)CC1. The maximum absolute atomic E-state index is 13.0. The van der Waals surface area contributed by atoms with Crippen LogP contribution in [0.25, 0.3) is 0 Å². The summed E-state index contributed by atoms with van der Waals surface area (Å²) in [5, 5.41) is 8.20. The first-order valence-corrected chi connectivity index (χ1v) is 9.03. The molecule has 1 heterocycles. The Morgan fingerprint density at radius 2 is 2.00 bits per heavy atom. The normalized spacial score (nSPS) is 14.0. The second-order valence-corrected chi connectivity index (χ2v) is 6.84. The summed E-state index contributed by atoms with van der Waals surface area (Å²) in [7, 11) is 1.51. The third kappa shape index (κ3) is 4.71. The third-order valence-corrected chi connectivity index (χ3v) is 4.52. The molecule has 6 nitrogen and oxygen atoms in total. The van der Waals surface area contributed by atoms with Crippen LogP contribution in [0.1, 0.15) is 18.4 Å². The Hall–Kier alpha value is -2.74. The van der Waals surface area contributed by atoms with Gasteiger partial charge in [-0.1, -0.05) is 28.1 Å². The summed E-state index contributed by atoms with van der Waals surface area (Å²) in [6.07, 6.45) is 0.434. The average Bonchev–Trinajstić information content (AvgIpc) is 2.65. The topological polar surface area (TPSA) is 71.0 Å². The van der Waals surface area contributed by atoms with Crippen LogP contribution in [0.3, 0.4) is 0 Å². The summed E-state index contributed by atoms with van der Waals surface area (Å²) in [5.74, 6) is -0.420. The van der Waals surface area contributed by atoms with E-state index in [-0.39, 0.29) is 36.8 Å².